The average molecular weight is 337 g/mol. The minimum Gasteiger partial charge on any atom is -0.423 e. The monoisotopic (exact) mass is 337 g/mol. The van der Waals surface area contributed by atoms with E-state index in [-0.39, 0.29) is 6.61 Å². The van der Waals surface area contributed by atoms with Crippen LogP contribution in [0.3, 0.4) is 0 Å². The summed E-state index contributed by atoms with van der Waals surface area (Å²) in [5, 5.41) is 31.0. The van der Waals surface area contributed by atoms with Crippen LogP contribution in [0.25, 0.3) is 11.1 Å². The average Bonchev–Trinajstić information content (AvgIpc) is 2.62. The lowest BCUT2D eigenvalue weighted by atomic mass is 9.77. The Bertz CT molecular complexity index is 863. The normalized spacial score (nSPS) is 14.0. The van der Waals surface area contributed by atoms with Gasteiger partial charge >= 0.3 is 7.12 Å². The van der Waals surface area contributed by atoms with E-state index >= 15 is 0 Å². The molecule has 1 aliphatic rings. The van der Waals surface area contributed by atoms with Crippen molar-refractivity contribution < 1.29 is 15.2 Å². The smallest absolute Gasteiger partial charge is 0.423 e. The van der Waals surface area contributed by atoms with Crippen molar-refractivity contribution in [1.29, 1.82) is 0 Å². The molecule has 2 aromatic rings. The fourth-order valence-corrected chi connectivity index (χ4v) is 3.60. The molecule has 0 atom stereocenters. The Morgan fingerprint density at radius 3 is 2.16 bits per heavy atom. The maximum absolute atomic E-state index is 9.58. The number of hydrogen-bond donors (Lipinski definition) is 3. The summed E-state index contributed by atoms with van der Waals surface area (Å²) in [5.41, 5.74) is 3.94. The minimum atomic E-state index is -1.45. The van der Waals surface area contributed by atoms with E-state index in [4.69, 9.17) is 0 Å². The number of nitrogens with zero attached hydrogens (tertiary/aromatic N) is 1. The van der Waals surface area contributed by atoms with E-state index in [0.29, 0.717) is 12.0 Å². The van der Waals surface area contributed by atoms with Crippen LogP contribution in [0, 0.1) is 0 Å². The third-order valence-electron chi connectivity index (χ3n) is 4.84. The Labute approximate surface area is 148 Å². The predicted molar refractivity (Wildman–Crippen MR) is 101 cm³/mol. The molecule has 5 heteroatoms. The first kappa shape index (κ1) is 17.9. The molecule has 4 nitrogen and oxygen atoms in total. The van der Waals surface area contributed by atoms with Crippen LogP contribution in [0.2, 0.25) is 0 Å². The summed E-state index contributed by atoms with van der Waals surface area (Å²) in [6, 6.07) is 15.7. The zero-order chi connectivity index (χ0) is 17.8. The summed E-state index contributed by atoms with van der Waals surface area (Å²) in [4.78, 5) is 2.19. The summed E-state index contributed by atoms with van der Waals surface area (Å²) < 4.78 is 0. The van der Waals surface area contributed by atoms with E-state index in [1.54, 1.807) is 6.07 Å². The van der Waals surface area contributed by atoms with Gasteiger partial charge in [0.25, 0.3) is 0 Å². The van der Waals surface area contributed by atoms with E-state index < -0.39 is 7.12 Å². The van der Waals surface area contributed by atoms with Crippen LogP contribution in [0.5, 0.6) is 0 Å². The highest BCUT2D eigenvalue weighted by atomic mass is 16.4. The summed E-state index contributed by atoms with van der Waals surface area (Å²) in [7, 11) is 0.593. The summed E-state index contributed by atoms with van der Waals surface area (Å²) in [6.07, 6.45) is 1.84. The molecular weight excluding hydrogens is 313 g/mol. The topological polar surface area (TPSA) is 63.9 Å². The second-order valence-corrected chi connectivity index (χ2v) is 6.66. The van der Waals surface area contributed by atoms with E-state index in [0.717, 1.165) is 35.7 Å². The first-order chi connectivity index (χ1) is 12.1. The molecule has 0 saturated carbocycles. The van der Waals surface area contributed by atoms with Crippen molar-refractivity contribution >= 4 is 23.7 Å². The standard InChI is InChI=1S/C20H24BNO3/c1-22(13-16-6-2-5-9-20(16)21(24)25)12-15-10-11-17(14-23)19-8-4-3-7-18(15)19/h2-9,23-25H,10-14H2,1H3. The third kappa shape index (κ3) is 4.02. The lowest BCUT2D eigenvalue weighted by molar-refractivity contribution is 0.344. The summed E-state index contributed by atoms with van der Waals surface area (Å²) >= 11 is 0. The first-order valence-electron chi connectivity index (χ1n) is 8.62. The number of fused-ring (bicyclic) bond motifs is 1. The minimum absolute atomic E-state index is 0.113. The van der Waals surface area contributed by atoms with Crippen molar-refractivity contribution in [3.8, 4) is 0 Å². The van der Waals surface area contributed by atoms with Crippen molar-refractivity contribution in [2.24, 2.45) is 0 Å². The van der Waals surface area contributed by atoms with Crippen LogP contribution in [0.1, 0.15) is 18.4 Å². The van der Waals surface area contributed by atoms with Crippen LogP contribution in [-0.2, 0) is 6.54 Å². The van der Waals surface area contributed by atoms with Crippen LogP contribution < -0.4 is 15.9 Å². The lowest BCUT2D eigenvalue weighted by Gasteiger charge is -2.23. The van der Waals surface area contributed by atoms with Gasteiger partial charge in [0.1, 0.15) is 0 Å². The summed E-state index contributed by atoms with van der Waals surface area (Å²) in [5.74, 6) is 0. The Hall–Kier alpha value is -1.92. The molecule has 1 aliphatic carbocycles. The predicted octanol–water partition coefficient (Wildman–Crippen LogP) is -0.414. The third-order valence-corrected chi connectivity index (χ3v) is 4.84. The number of rotatable bonds is 6. The quantitative estimate of drug-likeness (QED) is 0.627. The van der Waals surface area contributed by atoms with Crippen LogP contribution in [0.4, 0.5) is 0 Å². The van der Waals surface area contributed by atoms with E-state index in [2.05, 4.69) is 17.0 Å². The zero-order valence-corrected chi connectivity index (χ0v) is 14.5. The van der Waals surface area contributed by atoms with Crippen molar-refractivity contribution in [3.05, 3.63) is 64.5 Å². The molecule has 0 heterocycles. The number of aliphatic hydroxyl groups is 1. The number of benzene rings is 2. The fraction of sp³-hybridized carbons (Fsp3) is 0.300. The van der Waals surface area contributed by atoms with E-state index in [1.165, 1.54) is 10.8 Å². The molecule has 25 heavy (non-hydrogen) atoms. The van der Waals surface area contributed by atoms with Gasteiger partial charge in [-0.1, -0.05) is 48.5 Å². The molecule has 0 unspecified atom stereocenters. The highest BCUT2D eigenvalue weighted by molar-refractivity contribution is 6.59. The molecule has 2 aromatic carbocycles. The maximum Gasteiger partial charge on any atom is 0.488 e. The molecule has 0 bridgehead atoms. The molecule has 3 N–H and O–H groups in total. The second-order valence-electron chi connectivity index (χ2n) is 6.66. The van der Waals surface area contributed by atoms with Gasteiger partial charge in [-0.15, -0.1) is 0 Å². The van der Waals surface area contributed by atoms with E-state index in [9.17, 15) is 15.2 Å². The Morgan fingerprint density at radius 2 is 1.48 bits per heavy atom. The molecule has 0 spiro atoms. The fourth-order valence-electron chi connectivity index (χ4n) is 3.60. The highest BCUT2D eigenvalue weighted by Crippen LogP contribution is 2.16. The van der Waals surface area contributed by atoms with Crippen LogP contribution >= 0.6 is 0 Å². The molecule has 0 aliphatic heterocycles. The zero-order valence-electron chi connectivity index (χ0n) is 14.5. The lowest BCUT2D eigenvalue weighted by Crippen LogP contribution is -2.38. The van der Waals surface area contributed by atoms with Gasteiger partial charge in [0.15, 0.2) is 0 Å². The van der Waals surface area contributed by atoms with Gasteiger partial charge < -0.3 is 15.2 Å². The van der Waals surface area contributed by atoms with Crippen molar-refractivity contribution in [1.82, 2.24) is 4.90 Å². The molecule has 0 radical (unpaired) electrons. The molecule has 0 amide bonds. The summed E-state index contributed by atoms with van der Waals surface area (Å²) in [6.45, 7) is 1.57. The molecule has 130 valence electrons. The largest absolute Gasteiger partial charge is 0.488 e. The second kappa shape index (κ2) is 7.98. The van der Waals surface area contributed by atoms with Crippen LogP contribution in [0.15, 0.2) is 48.5 Å². The maximum atomic E-state index is 9.58. The van der Waals surface area contributed by atoms with Gasteiger partial charge in [-0.05, 0) is 52.5 Å². The first-order valence-corrected chi connectivity index (χ1v) is 8.62. The number of hydrogen-bond acceptors (Lipinski definition) is 4. The Kier molecular flexibility index (Phi) is 5.71. The van der Waals surface area contributed by atoms with Crippen molar-refractivity contribution in [2.45, 2.75) is 19.4 Å². The Morgan fingerprint density at radius 1 is 0.880 bits per heavy atom. The van der Waals surface area contributed by atoms with Crippen LogP contribution in [-0.4, -0.2) is 47.4 Å². The SMILES string of the molecule is CN(CC1=c2ccccc2=C(CO)CC1)Cc1ccccc1B(O)O. The van der Waals surface area contributed by atoms with E-state index in [1.807, 2.05) is 37.4 Å². The van der Waals surface area contributed by atoms with Crippen molar-refractivity contribution in [2.75, 3.05) is 20.2 Å². The number of aliphatic hydroxyl groups excluding tert-OH is 1. The molecular formula is C20H24BNO3. The van der Waals surface area contributed by atoms with Gasteiger partial charge in [-0.3, -0.25) is 4.90 Å². The molecule has 0 saturated heterocycles. The molecule has 3 rings (SSSR count). The molecule has 0 aromatic heterocycles. The van der Waals surface area contributed by atoms with Crippen molar-refractivity contribution in [3.63, 3.8) is 0 Å². The molecule has 0 fully saturated rings. The van der Waals surface area contributed by atoms with Gasteiger partial charge in [0.05, 0.1) is 6.61 Å². The van der Waals surface area contributed by atoms with Gasteiger partial charge in [0, 0.05) is 13.1 Å². The highest BCUT2D eigenvalue weighted by Gasteiger charge is 2.17. The van der Waals surface area contributed by atoms with Gasteiger partial charge in [-0.25, -0.2) is 0 Å². The van der Waals surface area contributed by atoms with Gasteiger partial charge in [0.2, 0.25) is 0 Å². The van der Waals surface area contributed by atoms with Gasteiger partial charge in [-0.2, -0.15) is 0 Å². The Balaban J connectivity index is 1.87.